The number of aliphatic hydroxyl groups is 1. The number of carbonyl (C=O) groups excluding carboxylic acids is 1. The number of carbonyl (C=O) groups is 1. The topological polar surface area (TPSA) is 43.8 Å². The van der Waals surface area contributed by atoms with Crippen LogP contribution in [0.15, 0.2) is 0 Å². The van der Waals surface area contributed by atoms with Crippen LogP contribution in [-0.4, -0.2) is 60.1 Å². The quantitative estimate of drug-likeness (QED) is 0.780. The van der Waals surface area contributed by atoms with Gasteiger partial charge in [-0.05, 0) is 0 Å². The predicted molar refractivity (Wildman–Crippen MR) is 66.3 cm³/mol. The number of amides is 1. The predicted octanol–water partition coefficient (Wildman–Crippen LogP) is 0.805. The minimum atomic E-state index is 0.0967. The molecule has 1 N–H and O–H groups in total. The summed E-state index contributed by atoms with van der Waals surface area (Å²) in [7, 11) is 0. The lowest BCUT2D eigenvalue weighted by Gasteiger charge is -2.35. The largest absolute Gasteiger partial charge is 0.395 e. The zero-order chi connectivity index (χ0) is 12.6. The van der Waals surface area contributed by atoms with Crippen molar-refractivity contribution in [1.82, 2.24) is 9.80 Å². The maximum atomic E-state index is 11.6. The molecule has 0 aromatic rings. The average molecular weight is 230 g/mol. The molecule has 1 rings (SSSR count). The van der Waals surface area contributed by atoms with Crippen molar-refractivity contribution in [2.24, 2.45) is 5.92 Å². The number of hydrogen-bond donors (Lipinski definition) is 1. The first-order valence-corrected chi connectivity index (χ1v) is 6.27. The molecule has 0 radical (unpaired) electrons. The Morgan fingerprint density at radius 2 is 1.69 bits per heavy atom. The molecule has 1 amide bonds. The zero-order valence-electron chi connectivity index (χ0n) is 11.1. The Balaban J connectivity index is 0.00000106. The Labute approximate surface area is 99.2 Å². The van der Waals surface area contributed by atoms with Crippen LogP contribution < -0.4 is 0 Å². The summed E-state index contributed by atoms with van der Waals surface area (Å²) in [5.41, 5.74) is 0. The van der Waals surface area contributed by atoms with Crippen LogP contribution in [-0.2, 0) is 4.79 Å². The summed E-state index contributed by atoms with van der Waals surface area (Å²) >= 11 is 0. The Morgan fingerprint density at radius 3 is 2.06 bits per heavy atom. The molecule has 1 saturated heterocycles. The van der Waals surface area contributed by atoms with Crippen LogP contribution in [0.5, 0.6) is 0 Å². The van der Waals surface area contributed by atoms with Crippen LogP contribution in [0, 0.1) is 5.92 Å². The summed E-state index contributed by atoms with van der Waals surface area (Å²) in [6.45, 7) is 12.2. The fourth-order valence-electron chi connectivity index (χ4n) is 1.70. The maximum absolute atomic E-state index is 11.6. The van der Waals surface area contributed by atoms with E-state index in [1.807, 2.05) is 32.6 Å². The van der Waals surface area contributed by atoms with E-state index < -0.39 is 0 Å². The third kappa shape index (κ3) is 4.94. The first-order valence-electron chi connectivity index (χ1n) is 6.27. The normalized spacial score (nSPS) is 17.0. The number of hydrogen-bond acceptors (Lipinski definition) is 3. The molecular weight excluding hydrogens is 204 g/mol. The maximum Gasteiger partial charge on any atom is 0.225 e. The SMILES string of the molecule is CC.CC(C)C(=O)N1CCN(CCO)CC1. The van der Waals surface area contributed by atoms with Crippen molar-refractivity contribution in [3.63, 3.8) is 0 Å². The highest BCUT2D eigenvalue weighted by Crippen LogP contribution is 2.06. The van der Waals surface area contributed by atoms with Crippen molar-refractivity contribution in [3.05, 3.63) is 0 Å². The molecule has 0 aromatic heterocycles. The summed E-state index contributed by atoms with van der Waals surface area (Å²) < 4.78 is 0. The van der Waals surface area contributed by atoms with Gasteiger partial charge in [-0.15, -0.1) is 0 Å². The van der Waals surface area contributed by atoms with Gasteiger partial charge in [0.15, 0.2) is 0 Å². The average Bonchev–Trinajstić information content (AvgIpc) is 2.32. The smallest absolute Gasteiger partial charge is 0.225 e. The zero-order valence-corrected chi connectivity index (χ0v) is 11.1. The molecule has 96 valence electrons. The molecule has 0 saturated carbocycles. The van der Waals surface area contributed by atoms with E-state index in [4.69, 9.17) is 5.11 Å². The molecule has 0 spiro atoms. The van der Waals surface area contributed by atoms with Crippen molar-refractivity contribution in [2.75, 3.05) is 39.3 Å². The van der Waals surface area contributed by atoms with Crippen LogP contribution in [0.2, 0.25) is 0 Å². The van der Waals surface area contributed by atoms with E-state index in [1.54, 1.807) is 0 Å². The molecule has 4 nitrogen and oxygen atoms in total. The monoisotopic (exact) mass is 230 g/mol. The van der Waals surface area contributed by atoms with Crippen molar-refractivity contribution in [1.29, 1.82) is 0 Å². The molecule has 1 aliphatic rings. The Kier molecular flexibility index (Phi) is 8.21. The molecule has 1 heterocycles. The molecule has 1 aliphatic heterocycles. The highest BCUT2D eigenvalue weighted by molar-refractivity contribution is 5.78. The molecule has 0 atom stereocenters. The van der Waals surface area contributed by atoms with Gasteiger partial charge in [0.1, 0.15) is 0 Å². The van der Waals surface area contributed by atoms with Crippen molar-refractivity contribution in [2.45, 2.75) is 27.7 Å². The minimum absolute atomic E-state index is 0.0967. The number of β-amino-alcohol motifs (C(OH)–C–C–N with tert-alkyl or cyclic N) is 1. The number of rotatable bonds is 3. The highest BCUT2D eigenvalue weighted by atomic mass is 16.3. The third-order valence-electron chi connectivity index (χ3n) is 2.59. The van der Waals surface area contributed by atoms with Gasteiger partial charge in [0.05, 0.1) is 6.61 Å². The van der Waals surface area contributed by atoms with Crippen molar-refractivity contribution in [3.8, 4) is 0 Å². The first kappa shape index (κ1) is 15.4. The van der Waals surface area contributed by atoms with Crippen LogP contribution in [0.25, 0.3) is 0 Å². The first-order chi connectivity index (χ1) is 7.65. The van der Waals surface area contributed by atoms with Crippen LogP contribution >= 0.6 is 0 Å². The summed E-state index contributed by atoms with van der Waals surface area (Å²) in [5, 5.41) is 8.76. The van der Waals surface area contributed by atoms with Crippen molar-refractivity contribution < 1.29 is 9.90 Å². The Morgan fingerprint density at radius 1 is 1.19 bits per heavy atom. The fourth-order valence-corrected chi connectivity index (χ4v) is 1.70. The van der Waals surface area contributed by atoms with Gasteiger partial charge in [-0.3, -0.25) is 9.69 Å². The van der Waals surface area contributed by atoms with E-state index in [1.165, 1.54) is 0 Å². The van der Waals surface area contributed by atoms with E-state index in [2.05, 4.69) is 4.90 Å². The summed E-state index contributed by atoms with van der Waals surface area (Å²) in [4.78, 5) is 15.7. The molecule has 1 fully saturated rings. The lowest BCUT2D eigenvalue weighted by molar-refractivity contribution is -0.136. The van der Waals surface area contributed by atoms with Gasteiger partial charge in [0, 0.05) is 38.6 Å². The number of nitrogens with zero attached hydrogens (tertiary/aromatic N) is 2. The van der Waals surface area contributed by atoms with Gasteiger partial charge in [0.2, 0.25) is 5.91 Å². The van der Waals surface area contributed by atoms with E-state index in [0.29, 0.717) is 0 Å². The standard InChI is InChI=1S/C10H20N2O2.C2H6/c1-9(2)10(14)12-5-3-11(4-6-12)7-8-13;1-2/h9,13H,3-8H2,1-2H3;1-2H3. The van der Waals surface area contributed by atoms with Crippen molar-refractivity contribution >= 4 is 5.91 Å². The molecule has 4 heteroatoms. The Bertz CT molecular complexity index is 187. The minimum Gasteiger partial charge on any atom is -0.395 e. The van der Waals surface area contributed by atoms with Crippen LogP contribution in [0.3, 0.4) is 0 Å². The van der Waals surface area contributed by atoms with E-state index in [0.717, 1.165) is 32.7 Å². The van der Waals surface area contributed by atoms with E-state index in [-0.39, 0.29) is 18.4 Å². The lowest BCUT2D eigenvalue weighted by atomic mass is 10.1. The molecular formula is C12H26N2O2. The van der Waals surface area contributed by atoms with Gasteiger partial charge in [-0.2, -0.15) is 0 Å². The third-order valence-corrected chi connectivity index (χ3v) is 2.59. The van der Waals surface area contributed by atoms with Gasteiger partial charge >= 0.3 is 0 Å². The number of aliphatic hydroxyl groups excluding tert-OH is 1. The highest BCUT2D eigenvalue weighted by Gasteiger charge is 2.21. The fraction of sp³-hybridized carbons (Fsp3) is 0.917. The second-order valence-corrected chi connectivity index (χ2v) is 4.05. The van der Waals surface area contributed by atoms with E-state index >= 15 is 0 Å². The van der Waals surface area contributed by atoms with Gasteiger partial charge < -0.3 is 10.0 Å². The van der Waals surface area contributed by atoms with Gasteiger partial charge in [-0.25, -0.2) is 0 Å². The summed E-state index contributed by atoms with van der Waals surface area (Å²) in [6, 6.07) is 0. The van der Waals surface area contributed by atoms with Crippen LogP contribution in [0.4, 0.5) is 0 Å². The van der Waals surface area contributed by atoms with Gasteiger partial charge in [-0.1, -0.05) is 27.7 Å². The summed E-state index contributed by atoms with van der Waals surface area (Å²) in [5.74, 6) is 0.341. The second kappa shape index (κ2) is 8.53. The molecule has 0 bridgehead atoms. The molecule has 0 aliphatic carbocycles. The molecule has 16 heavy (non-hydrogen) atoms. The Hall–Kier alpha value is -0.610. The second-order valence-electron chi connectivity index (χ2n) is 4.05. The van der Waals surface area contributed by atoms with E-state index in [9.17, 15) is 4.79 Å². The molecule has 0 aromatic carbocycles. The number of piperazine rings is 1. The van der Waals surface area contributed by atoms with Gasteiger partial charge in [0.25, 0.3) is 0 Å². The van der Waals surface area contributed by atoms with Crippen LogP contribution in [0.1, 0.15) is 27.7 Å². The summed E-state index contributed by atoms with van der Waals surface area (Å²) in [6.07, 6.45) is 0. The lowest BCUT2D eigenvalue weighted by Crippen LogP contribution is -2.50. The molecule has 0 unspecified atom stereocenters.